The molecule has 0 saturated heterocycles. The van der Waals surface area contributed by atoms with Gasteiger partial charge in [-0.3, -0.25) is 0 Å². The first-order valence-corrected chi connectivity index (χ1v) is 7.85. The highest BCUT2D eigenvalue weighted by molar-refractivity contribution is 5.08. The molecule has 1 aliphatic rings. The Hall–Kier alpha value is -0.960. The van der Waals surface area contributed by atoms with Crippen LogP contribution < -0.4 is 5.32 Å². The molecule has 3 nitrogen and oxygen atoms in total. The van der Waals surface area contributed by atoms with Gasteiger partial charge in [-0.05, 0) is 31.7 Å². The Balaban J connectivity index is 1.90. The first kappa shape index (κ1) is 14.4. The molecule has 1 fully saturated rings. The van der Waals surface area contributed by atoms with Crippen molar-refractivity contribution in [3.05, 3.63) is 23.8 Å². The van der Waals surface area contributed by atoms with Crippen LogP contribution in [-0.4, -0.2) is 16.5 Å². The first-order valence-electron chi connectivity index (χ1n) is 7.85. The molecule has 1 saturated carbocycles. The van der Waals surface area contributed by atoms with Crippen molar-refractivity contribution in [2.24, 2.45) is 5.92 Å². The van der Waals surface area contributed by atoms with Crippen LogP contribution in [0.25, 0.3) is 0 Å². The predicted molar refractivity (Wildman–Crippen MR) is 79.0 cm³/mol. The van der Waals surface area contributed by atoms with Crippen molar-refractivity contribution in [2.75, 3.05) is 6.54 Å². The van der Waals surface area contributed by atoms with Crippen LogP contribution in [-0.2, 0) is 6.54 Å². The number of aromatic nitrogens is 2. The quantitative estimate of drug-likeness (QED) is 0.794. The second kappa shape index (κ2) is 7.59. The lowest BCUT2D eigenvalue weighted by Crippen LogP contribution is -2.17. The molecule has 2 unspecified atom stereocenters. The minimum atomic E-state index is 0.594. The van der Waals surface area contributed by atoms with Crippen LogP contribution in [0.5, 0.6) is 0 Å². The maximum Gasteiger partial charge on any atom is 0.131 e. The second-order valence-electron chi connectivity index (χ2n) is 5.76. The Labute approximate surface area is 117 Å². The molecular weight excluding hydrogens is 234 g/mol. The number of rotatable bonds is 6. The van der Waals surface area contributed by atoms with Crippen LogP contribution in [0.15, 0.2) is 12.4 Å². The Bertz CT molecular complexity index is 361. The molecule has 3 heteroatoms. The summed E-state index contributed by atoms with van der Waals surface area (Å²) in [5.41, 5.74) is 1.19. The summed E-state index contributed by atoms with van der Waals surface area (Å²) in [6.45, 7) is 6.43. The summed E-state index contributed by atoms with van der Waals surface area (Å²) in [6, 6.07) is 0. The Morgan fingerprint density at radius 3 is 2.68 bits per heavy atom. The third kappa shape index (κ3) is 4.27. The van der Waals surface area contributed by atoms with Gasteiger partial charge in [0.05, 0.1) is 0 Å². The highest BCUT2D eigenvalue weighted by atomic mass is 14.9. The van der Waals surface area contributed by atoms with E-state index in [0.29, 0.717) is 5.92 Å². The average Bonchev–Trinajstić information content (AvgIpc) is 2.48. The Morgan fingerprint density at radius 1 is 1.21 bits per heavy atom. The second-order valence-corrected chi connectivity index (χ2v) is 5.76. The zero-order valence-corrected chi connectivity index (χ0v) is 12.4. The third-order valence-corrected chi connectivity index (χ3v) is 4.21. The van der Waals surface area contributed by atoms with Crippen LogP contribution >= 0.6 is 0 Å². The van der Waals surface area contributed by atoms with E-state index < -0.39 is 0 Å². The van der Waals surface area contributed by atoms with Gasteiger partial charge in [0, 0.05) is 30.4 Å². The zero-order chi connectivity index (χ0) is 13.5. The molecule has 2 rings (SSSR count). The number of nitrogens with one attached hydrogen (secondary N) is 1. The van der Waals surface area contributed by atoms with Gasteiger partial charge in [-0.1, -0.05) is 33.1 Å². The van der Waals surface area contributed by atoms with E-state index >= 15 is 0 Å². The van der Waals surface area contributed by atoms with E-state index in [2.05, 4.69) is 29.1 Å². The van der Waals surface area contributed by atoms with E-state index in [1.807, 2.05) is 12.4 Å². The fraction of sp³-hybridized carbons (Fsp3) is 0.750. The van der Waals surface area contributed by atoms with E-state index in [0.717, 1.165) is 24.8 Å². The summed E-state index contributed by atoms with van der Waals surface area (Å²) in [5, 5.41) is 3.39. The molecule has 1 aliphatic carbocycles. The fourth-order valence-corrected chi connectivity index (χ4v) is 2.97. The summed E-state index contributed by atoms with van der Waals surface area (Å²) >= 11 is 0. The van der Waals surface area contributed by atoms with Crippen LogP contribution in [0.4, 0.5) is 0 Å². The van der Waals surface area contributed by atoms with Gasteiger partial charge < -0.3 is 5.32 Å². The van der Waals surface area contributed by atoms with Gasteiger partial charge in [-0.15, -0.1) is 0 Å². The molecule has 1 heterocycles. The standard InChI is InChI=1S/C16H27N3/c1-3-8-17-10-14-11-18-16(19-12-14)15-7-5-6-13(4-2)9-15/h11-13,15,17H,3-10H2,1-2H3. The largest absolute Gasteiger partial charge is 0.313 e. The summed E-state index contributed by atoms with van der Waals surface area (Å²) in [5.74, 6) is 2.54. The molecule has 106 valence electrons. The van der Waals surface area contributed by atoms with Crippen molar-refractivity contribution in [2.45, 2.75) is 64.8 Å². The lowest BCUT2D eigenvalue weighted by atomic mass is 9.80. The van der Waals surface area contributed by atoms with Crippen molar-refractivity contribution in [1.82, 2.24) is 15.3 Å². The van der Waals surface area contributed by atoms with Crippen molar-refractivity contribution in [3.63, 3.8) is 0 Å². The van der Waals surface area contributed by atoms with Crippen LogP contribution in [0.2, 0.25) is 0 Å². The van der Waals surface area contributed by atoms with E-state index in [9.17, 15) is 0 Å². The molecular formula is C16H27N3. The third-order valence-electron chi connectivity index (χ3n) is 4.21. The summed E-state index contributed by atoms with van der Waals surface area (Å²) in [4.78, 5) is 9.20. The molecule has 19 heavy (non-hydrogen) atoms. The summed E-state index contributed by atoms with van der Waals surface area (Å²) in [7, 11) is 0. The monoisotopic (exact) mass is 261 g/mol. The molecule has 0 bridgehead atoms. The minimum Gasteiger partial charge on any atom is -0.313 e. The Morgan fingerprint density at radius 2 is 2.00 bits per heavy atom. The van der Waals surface area contributed by atoms with Gasteiger partial charge in [-0.2, -0.15) is 0 Å². The highest BCUT2D eigenvalue weighted by Crippen LogP contribution is 2.35. The van der Waals surface area contributed by atoms with E-state index in [-0.39, 0.29) is 0 Å². The van der Waals surface area contributed by atoms with Gasteiger partial charge in [0.15, 0.2) is 0 Å². The number of nitrogens with zero attached hydrogens (tertiary/aromatic N) is 2. The molecule has 1 N–H and O–H groups in total. The van der Waals surface area contributed by atoms with Crippen molar-refractivity contribution in [1.29, 1.82) is 0 Å². The molecule has 1 aromatic rings. The van der Waals surface area contributed by atoms with Gasteiger partial charge in [0.1, 0.15) is 5.82 Å². The molecule has 2 atom stereocenters. The summed E-state index contributed by atoms with van der Waals surface area (Å²) in [6.07, 6.45) is 11.8. The zero-order valence-electron chi connectivity index (χ0n) is 12.4. The minimum absolute atomic E-state index is 0.594. The molecule has 0 amide bonds. The topological polar surface area (TPSA) is 37.8 Å². The van der Waals surface area contributed by atoms with Crippen LogP contribution in [0.1, 0.15) is 69.7 Å². The van der Waals surface area contributed by atoms with Crippen LogP contribution in [0.3, 0.4) is 0 Å². The van der Waals surface area contributed by atoms with Gasteiger partial charge >= 0.3 is 0 Å². The SMILES string of the molecule is CCCNCc1cnc(C2CCCC(CC)C2)nc1. The smallest absolute Gasteiger partial charge is 0.131 e. The van der Waals surface area contributed by atoms with Gasteiger partial charge in [0.2, 0.25) is 0 Å². The maximum absolute atomic E-state index is 4.60. The van der Waals surface area contributed by atoms with Gasteiger partial charge in [0.25, 0.3) is 0 Å². The lowest BCUT2D eigenvalue weighted by Gasteiger charge is -2.27. The highest BCUT2D eigenvalue weighted by Gasteiger charge is 2.23. The first-order chi connectivity index (χ1) is 9.33. The summed E-state index contributed by atoms with van der Waals surface area (Å²) < 4.78 is 0. The van der Waals surface area contributed by atoms with Crippen molar-refractivity contribution in [3.8, 4) is 0 Å². The van der Waals surface area contributed by atoms with Crippen molar-refractivity contribution >= 4 is 0 Å². The molecule has 0 spiro atoms. The van der Waals surface area contributed by atoms with E-state index in [4.69, 9.17) is 0 Å². The van der Waals surface area contributed by atoms with Crippen molar-refractivity contribution < 1.29 is 0 Å². The normalized spacial score (nSPS) is 23.5. The Kier molecular flexibility index (Phi) is 5.77. The fourth-order valence-electron chi connectivity index (χ4n) is 2.97. The van der Waals surface area contributed by atoms with E-state index in [1.165, 1.54) is 44.1 Å². The molecule has 0 aliphatic heterocycles. The predicted octanol–water partition coefficient (Wildman–Crippen LogP) is 3.66. The molecule has 0 aromatic carbocycles. The number of hydrogen-bond acceptors (Lipinski definition) is 3. The van der Waals surface area contributed by atoms with Crippen LogP contribution in [0, 0.1) is 5.92 Å². The average molecular weight is 261 g/mol. The number of hydrogen-bond donors (Lipinski definition) is 1. The molecule has 0 radical (unpaired) electrons. The molecule has 1 aromatic heterocycles. The lowest BCUT2D eigenvalue weighted by molar-refractivity contribution is 0.307. The maximum atomic E-state index is 4.60. The van der Waals surface area contributed by atoms with E-state index in [1.54, 1.807) is 0 Å². The van der Waals surface area contributed by atoms with Gasteiger partial charge in [-0.25, -0.2) is 9.97 Å².